The highest BCUT2D eigenvalue weighted by atomic mass is 35.5. The van der Waals surface area contributed by atoms with E-state index in [1.54, 1.807) is 0 Å². The van der Waals surface area contributed by atoms with Crippen molar-refractivity contribution in [3.63, 3.8) is 0 Å². The van der Waals surface area contributed by atoms with Crippen LogP contribution in [0.25, 0.3) is 0 Å². The van der Waals surface area contributed by atoms with Crippen LogP contribution in [0.1, 0.15) is 11.7 Å². The Morgan fingerprint density at radius 1 is 1.20 bits per heavy atom. The van der Waals surface area contributed by atoms with Crippen LogP contribution in [-0.4, -0.2) is 41.9 Å². The van der Waals surface area contributed by atoms with Gasteiger partial charge in [0.25, 0.3) is 5.91 Å². The molecule has 1 aromatic carbocycles. The molecule has 0 aliphatic heterocycles. The second-order valence-electron chi connectivity index (χ2n) is 4.04. The molecule has 0 aliphatic carbocycles. The summed E-state index contributed by atoms with van der Waals surface area (Å²) in [5.74, 6) is -0.854. The first-order valence-corrected chi connectivity index (χ1v) is 8.14. The van der Waals surface area contributed by atoms with Gasteiger partial charge < -0.3 is 15.5 Å². The van der Waals surface area contributed by atoms with Crippen LogP contribution in [0.3, 0.4) is 0 Å². The fourth-order valence-electron chi connectivity index (χ4n) is 1.38. The van der Waals surface area contributed by atoms with Gasteiger partial charge in [-0.2, -0.15) is 0 Å². The van der Waals surface area contributed by atoms with Crippen LogP contribution in [0.15, 0.2) is 29.2 Å². The van der Waals surface area contributed by atoms with E-state index in [0.29, 0.717) is 0 Å². The topological polar surface area (TPSA) is 104 Å². The summed E-state index contributed by atoms with van der Waals surface area (Å²) >= 11 is 10.6. The lowest BCUT2D eigenvalue weighted by Crippen LogP contribution is -2.41. The van der Waals surface area contributed by atoms with Crippen LogP contribution in [0.2, 0.25) is 0 Å². The predicted octanol–water partition coefficient (Wildman–Crippen LogP) is 0.362. The zero-order valence-corrected chi connectivity index (χ0v) is 12.7. The third-order valence-corrected chi connectivity index (χ3v) is 3.96. The van der Waals surface area contributed by atoms with Gasteiger partial charge in [-0.05, 0) is 17.7 Å². The van der Waals surface area contributed by atoms with Gasteiger partial charge in [0.15, 0.2) is 20.9 Å². The van der Waals surface area contributed by atoms with Gasteiger partial charge in [-0.1, -0.05) is 35.3 Å². The fourth-order valence-corrected chi connectivity index (χ4v) is 2.14. The molecule has 1 aromatic rings. The Labute approximate surface area is 126 Å². The number of carbonyl (C=O) groups is 1. The maximum absolute atomic E-state index is 11.3. The highest BCUT2D eigenvalue weighted by molar-refractivity contribution is 7.90. The van der Waals surface area contributed by atoms with Gasteiger partial charge in [0.1, 0.15) is 6.10 Å². The fraction of sp³-hybridized carbons (Fsp3) is 0.364. The number of alkyl halides is 2. The van der Waals surface area contributed by atoms with Crippen LogP contribution < -0.4 is 5.32 Å². The number of hydrogen-bond acceptors (Lipinski definition) is 5. The minimum Gasteiger partial charge on any atom is -0.384 e. The summed E-state index contributed by atoms with van der Waals surface area (Å²) in [4.78, 5) is 9.86. The SMILES string of the molecule is CS(=O)(=O)c1ccc([C@@H](O)[C@@H](O)NC(=O)C(Cl)Cl)cc1. The van der Waals surface area contributed by atoms with E-state index < -0.39 is 32.9 Å². The number of carbonyl (C=O) groups excluding carboxylic acids is 1. The monoisotopic (exact) mass is 341 g/mol. The summed E-state index contributed by atoms with van der Waals surface area (Å²) in [6.07, 6.45) is -2.01. The molecular weight excluding hydrogens is 329 g/mol. The van der Waals surface area contributed by atoms with Gasteiger partial charge in [-0.15, -0.1) is 0 Å². The van der Waals surface area contributed by atoms with Crippen LogP contribution in [0.4, 0.5) is 0 Å². The van der Waals surface area contributed by atoms with Crippen molar-refractivity contribution in [3.8, 4) is 0 Å². The number of amides is 1. The maximum atomic E-state index is 11.3. The van der Waals surface area contributed by atoms with Crippen molar-refractivity contribution in [2.75, 3.05) is 6.26 Å². The molecule has 1 amide bonds. The third-order valence-electron chi connectivity index (χ3n) is 2.44. The van der Waals surface area contributed by atoms with E-state index in [-0.39, 0.29) is 10.5 Å². The molecule has 2 atom stereocenters. The van der Waals surface area contributed by atoms with Gasteiger partial charge in [-0.3, -0.25) is 4.79 Å². The Bertz CT molecular complexity index is 573. The third kappa shape index (κ3) is 4.60. The molecule has 0 saturated carbocycles. The molecule has 0 spiro atoms. The van der Waals surface area contributed by atoms with Crippen LogP contribution in [0.5, 0.6) is 0 Å². The van der Waals surface area contributed by atoms with E-state index in [0.717, 1.165) is 6.26 Å². The number of hydrogen-bond donors (Lipinski definition) is 3. The average Bonchev–Trinajstić information content (AvgIpc) is 2.36. The van der Waals surface area contributed by atoms with Crippen molar-refractivity contribution >= 4 is 38.9 Å². The first kappa shape index (κ1) is 17.2. The van der Waals surface area contributed by atoms with E-state index in [1.165, 1.54) is 24.3 Å². The van der Waals surface area contributed by atoms with Crippen LogP contribution in [0, 0.1) is 0 Å². The lowest BCUT2D eigenvalue weighted by atomic mass is 10.1. The second kappa shape index (κ2) is 6.73. The summed E-state index contributed by atoms with van der Waals surface area (Å²) in [6.45, 7) is 0. The smallest absolute Gasteiger partial charge is 0.255 e. The van der Waals surface area contributed by atoms with Crippen molar-refractivity contribution in [1.29, 1.82) is 0 Å². The Hall–Kier alpha value is -0.860. The van der Waals surface area contributed by atoms with Crippen LogP contribution in [-0.2, 0) is 14.6 Å². The van der Waals surface area contributed by atoms with Crippen molar-refractivity contribution < 1.29 is 23.4 Å². The van der Waals surface area contributed by atoms with E-state index >= 15 is 0 Å². The Morgan fingerprint density at radius 2 is 1.70 bits per heavy atom. The molecule has 3 N–H and O–H groups in total. The lowest BCUT2D eigenvalue weighted by molar-refractivity contribution is -0.125. The number of benzene rings is 1. The zero-order chi connectivity index (χ0) is 15.5. The molecule has 0 aromatic heterocycles. The van der Waals surface area contributed by atoms with E-state index in [9.17, 15) is 23.4 Å². The highest BCUT2D eigenvalue weighted by Gasteiger charge is 2.23. The van der Waals surface area contributed by atoms with Crippen LogP contribution >= 0.6 is 23.2 Å². The molecule has 112 valence electrons. The number of rotatable bonds is 5. The predicted molar refractivity (Wildman–Crippen MR) is 74.2 cm³/mol. The summed E-state index contributed by atoms with van der Waals surface area (Å²) in [5, 5.41) is 21.4. The molecule has 20 heavy (non-hydrogen) atoms. The average molecular weight is 342 g/mol. The Balaban J connectivity index is 2.82. The van der Waals surface area contributed by atoms with Crippen molar-refractivity contribution in [2.45, 2.75) is 22.1 Å². The number of sulfone groups is 1. The summed E-state index contributed by atoms with van der Waals surface area (Å²) < 4.78 is 22.5. The number of halogens is 2. The number of aliphatic hydroxyl groups is 2. The number of aliphatic hydroxyl groups excluding tert-OH is 2. The quantitative estimate of drug-likeness (QED) is 0.530. The lowest BCUT2D eigenvalue weighted by Gasteiger charge is -2.19. The summed E-state index contributed by atoms with van der Waals surface area (Å²) in [5.41, 5.74) is 0.228. The van der Waals surface area contributed by atoms with E-state index in [4.69, 9.17) is 23.2 Å². The summed E-state index contributed by atoms with van der Waals surface area (Å²) in [7, 11) is -3.34. The summed E-state index contributed by atoms with van der Waals surface area (Å²) in [6, 6.07) is 5.23. The molecule has 1 rings (SSSR count). The highest BCUT2D eigenvalue weighted by Crippen LogP contribution is 2.18. The second-order valence-corrected chi connectivity index (χ2v) is 7.15. The minimum atomic E-state index is -3.34. The first-order chi connectivity index (χ1) is 9.12. The molecule has 0 heterocycles. The van der Waals surface area contributed by atoms with Gasteiger partial charge in [0.2, 0.25) is 0 Å². The molecule has 9 heteroatoms. The number of nitrogens with one attached hydrogen (secondary N) is 1. The van der Waals surface area contributed by atoms with Gasteiger partial charge in [-0.25, -0.2) is 8.42 Å². The Morgan fingerprint density at radius 3 is 2.10 bits per heavy atom. The molecule has 0 saturated heterocycles. The zero-order valence-electron chi connectivity index (χ0n) is 10.3. The standard InChI is InChI=1S/C11H13Cl2NO5S/c1-20(18,19)7-4-2-6(3-5-7)8(15)10(16)14-11(17)9(12)13/h2-5,8-10,15-16H,1H3,(H,14,17)/t8-,10-/m1/s1. The Kier molecular flexibility index (Phi) is 5.79. The van der Waals surface area contributed by atoms with Gasteiger partial charge >= 0.3 is 0 Å². The van der Waals surface area contributed by atoms with Crippen molar-refractivity contribution in [1.82, 2.24) is 5.32 Å². The van der Waals surface area contributed by atoms with Crippen molar-refractivity contribution in [2.24, 2.45) is 0 Å². The van der Waals surface area contributed by atoms with Gasteiger partial charge in [0.05, 0.1) is 4.90 Å². The molecule has 0 fully saturated rings. The molecule has 0 unspecified atom stereocenters. The first-order valence-electron chi connectivity index (χ1n) is 5.37. The van der Waals surface area contributed by atoms with E-state index in [2.05, 4.69) is 0 Å². The molecule has 0 bridgehead atoms. The largest absolute Gasteiger partial charge is 0.384 e. The molecule has 0 aliphatic rings. The van der Waals surface area contributed by atoms with E-state index in [1.807, 2.05) is 5.32 Å². The minimum absolute atomic E-state index is 0.0774. The molecular formula is C11H13Cl2NO5S. The normalized spacial score (nSPS) is 14.9. The van der Waals surface area contributed by atoms with Gasteiger partial charge in [0, 0.05) is 6.26 Å². The molecule has 0 radical (unpaired) electrons. The maximum Gasteiger partial charge on any atom is 0.255 e. The van der Waals surface area contributed by atoms with Crippen molar-refractivity contribution in [3.05, 3.63) is 29.8 Å². The molecule has 6 nitrogen and oxygen atoms in total.